The molecule has 0 saturated heterocycles. The van der Waals surface area contributed by atoms with Gasteiger partial charge in [0.15, 0.2) is 6.61 Å². The third-order valence-corrected chi connectivity index (χ3v) is 3.48. The Morgan fingerprint density at radius 2 is 2.17 bits per heavy atom. The Balaban J connectivity index is 1.88. The van der Waals surface area contributed by atoms with E-state index >= 15 is 0 Å². The highest BCUT2D eigenvalue weighted by atomic mass is 79.9. The van der Waals surface area contributed by atoms with E-state index in [-0.39, 0.29) is 12.5 Å². The number of hydrogen-bond acceptors (Lipinski definition) is 4. The van der Waals surface area contributed by atoms with Gasteiger partial charge in [-0.15, -0.1) is 0 Å². The molecule has 0 heterocycles. The van der Waals surface area contributed by atoms with Crippen LogP contribution in [0.2, 0.25) is 5.02 Å². The number of halogens is 2. The second-order valence-electron chi connectivity index (χ2n) is 4.43. The topological polar surface area (TPSA) is 59.9 Å². The molecule has 0 aliphatic heterocycles. The average Bonchev–Trinajstić information content (AvgIpc) is 2.53. The zero-order valence-corrected chi connectivity index (χ0v) is 14.6. The van der Waals surface area contributed by atoms with E-state index in [1.165, 1.54) is 6.21 Å². The van der Waals surface area contributed by atoms with Gasteiger partial charge in [-0.3, -0.25) is 4.79 Å². The molecule has 5 nitrogen and oxygen atoms in total. The molecule has 2 rings (SSSR count). The number of carbonyl (C=O) groups excluding carboxylic acids is 1. The summed E-state index contributed by atoms with van der Waals surface area (Å²) in [6.07, 6.45) is 1.50. The van der Waals surface area contributed by atoms with Gasteiger partial charge in [0, 0.05) is 15.1 Å². The molecule has 1 N–H and O–H groups in total. The minimum absolute atomic E-state index is 0.159. The summed E-state index contributed by atoms with van der Waals surface area (Å²) >= 11 is 9.20. The Hall–Kier alpha value is -2.05. The second-order valence-corrected chi connectivity index (χ2v) is 5.78. The number of rotatable bonds is 6. The van der Waals surface area contributed by atoms with Crippen molar-refractivity contribution in [3.05, 3.63) is 57.5 Å². The maximum Gasteiger partial charge on any atom is 0.277 e. The molecule has 0 aliphatic rings. The first kappa shape index (κ1) is 17.3. The average molecular weight is 398 g/mol. The van der Waals surface area contributed by atoms with Gasteiger partial charge in [0.2, 0.25) is 0 Å². The van der Waals surface area contributed by atoms with E-state index in [0.29, 0.717) is 16.5 Å². The molecule has 0 aromatic heterocycles. The summed E-state index contributed by atoms with van der Waals surface area (Å²) < 4.78 is 11.4. The highest BCUT2D eigenvalue weighted by Crippen LogP contribution is 2.21. The molecule has 2 aromatic rings. The molecule has 0 unspecified atom stereocenters. The number of nitrogens with one attached hydrogen (secondary N) is 1. The normalized spacial score (nSPS) is 10.6. The van der Waals surface area contributed by atoms with Gasteiger partial charge in [0.1, 0.15) is 11.5 Å². The van der Waals surface area contributed by atoms with E-state index in [1.54, 1.807) is 37.4 Å². The first-order valence-electron chi connectivity index (χ1n) is 6.62. The molecular weight excluding hydrogens is 384 g/mol. The van der Waals surface area contributed by atoms with Crippen LogP contribution in [0.1, 0.15) is 5.56 Å². The molecule has 0 radical (unpaired) electrons. The number of carbonyl (C=O) groups is 1. The van der Waals surface area contributed by atoms with Crippen molar-refractivity contribution in [3.63, 3.8) is 0 Å². The smallest absolute Gasteiger partial charge is 0.277 e. The molecule has 0 bridgehead atoms. The molecule has 0 spiro atoms. The third kappa shape index (κ3) is 5.58. The molecule has 0 saturated carbocycles. The van der Waals surface area contributed by atoms with Crippen LogP contribution >= 0.6 is 27.5 Å². The number of hydrogen-bond donors (Lipinski definition) is 1. The number of hydrazone groups is 1. The highest BCUT2D eigenvalue weighted by molar-refractivity contribution is 9.10. The molecule has 0 aliphatic carbocycles. The van der Waals surface area contributed by atoms with Crippen molar-refractivity contribution in [2.24, 2.45) is 5.10 Å². The molecule has 120 valence electrons. The van der Waals surface area contributed by atoms with Crippen LogP contribution in [0, 0.1) is 0 Å². The Morgan fingerprint density at radius 3 is 2.91 bits per heavy atom. The third-order valence-electron chi connectivity index (χ3n) is 2.75. The monoisotopic (exact) mass is 396 g/mol. The van der Waals surface area contributed by atoms with Crippen LogP contribution in [0.5, 0.6) is 11.5 Å². The molecule has 23 heavy (non-hydrogen) atoms. The van der Waals surface area contributed by atoms with Crippen LogP contribution in [0.25, 0.3) is 0 Å². The minimum atomic E-state index is -0.379. The Morgan fingerprint density at radius 1 is 1.35 bits per heavy atom. The lowest BCUT2D eigenvalue weighted by atomic mass is 10.2. The summed E-state index contributed by atoms with van der Waals surface area (Å²) in [4.78, 5) is 11.7. The lowest BCUT2D eigenvalue weighted by Gasteiger charge is -2.06. The van der Waals surface area contributed by atoms with Crippen LogP contribution in [-0.2, 0) is 4.79 Å². The molecule has 1 amide bonds. The van der Waals surface area contributed by atoms with Crippen molar-refractivity contribution >= 4 is 39.7 Å². The molecular formula is C16H14BrClN2O3. The number of ether oxygens (including phenoxy) is 2. The maximum absolute atomic E-state index is 11.7. The predicted octanol–water partition coefficient (Wildman–Crippen LogP) is 3.64. The fourth-order valence-corrected chi connectivity index (χ4v) is 2.28. The van der Waals surface area contributed by atoms with Crippen LogP contribution in [0.15, 0.2) is 52.0 Å². The van der Waals surface area contributed by atoms with Gasteiger partial charge in [0.25, 0.3) is 5.91 Å². The molecule has 0 atom stereocenters. The molecule has 7 heteroatoms. The van der Waals surface area contributed by atoms with Crippen LogP contribution in [0.4, 0.5) is 0 Å². The summed E-state index contributed by atoms with van der Waals surface area (Å²) in [5.74, 6) is 0.793. The van der Waals surface area contributed by atoms with E-state index in [1.807, 2.05) is 12.1 Å². The fourth-order valence-electron chi connectivity index (χ4n) is 1.72. The van der Waals surface area contributed by atoms with Gasteiger partial charge in [-0.25, -0.2) is 5.43 Å². The van der Waals surface area contributed by atoms with Crippen molar-refractivity contribution in [2.45, 2.75) is 0 Å². The first-order valence-corrected chi connectivity index (χ1v) is 7.79. The van der Waals surface area contributed by atoms with Crippen molar-refractivity contribution in [1.29, 1.82) is 0 Å². The van der Waals surface area contributed by atoms with Gasteiger partial charge in [-0.1, -0.05) is 33.6 Å². The maximum atomic E-state index is 11.7. The Bertz CT molecular complexity index is 722. The van der Waals surface area contributed by atoms with Gasteiger partial charge >= 0.3 is 0 Å². The van der Waals surface area contributed by atoms with E-state index in [2.05, 4.69) is 26.5 Å². The predicted molar refractivity (Wildman–Crippen MR) is 93.4 cm³/mol. The Kier molecular flexibility index (Phi) is 6.43. The van der Waals surface area contributed by atoms with Gasteiger partial charge in [0.05, 0.1) is 13.3 Å². The van der Waals surface area contributed by atoms with E-state index in [9.17, 15) is 4.79 Å². The van der Waals surface area contributed by atoms with E-state index in [4.69, 9.17) is 21.1 Å². The number of benzene rings is 2. The molecule has 0 fully saturated rings. The minimum Gasteiger partial charge on any atom is -0.496 e. The standard InChI is InChI=1S/C16H14BrClN2O3/c1-22-15-6-5-12(17)7-11(15)9-19-20-16(21)10-23-14-4-2-3-13(18)8-14/h2-9H,10H2,1H3,(H,20,21). The summed E-state index contributed by atoms with van der Waals surface area (Å²) in [5, 5.41) is 4.43. The van der Waals surface area contributed by atoms with Crippen molar-refractivity contribution in [1.82, 2.24) is 5.43 Å². The van der Waals surface area contributed by atoms with Crippen molar-refractivity contribution in [2.75, 3.05) is 13.7 Å². The highest BCUT2D eigenvalue weighted by Gasteiger charge is 2.03. The lowest BCUT2D eigenvalue weighted by molar-refractivity contribution is -0.123. The zero-order chi connectivity index (χ0) is 16.7. The number of nitrogens with zero attached hydrogens (tertiary/aromatic N) is 1. The van der Waals surface area contributed by atoms with Crippen molar-refractivity contribution in [3.8, 4) is 11.5 Å². The molecule has 2 aromatic carbocycles. The Labute approximate surface area is 147 Å². The largest absolute Gasteiger partial charge is 0.496 e. The number of amides is 1. The van der Waals surface area contributed by atoms with Crippen LogP contribution < -0.4 is 14.9 Å². The van der Waals surface area contributed by atoms with Gasteiger partial charge in [-0.05, 0) is 36.4 Å². The zero-order valence-electron chi connectivity index (χ0n) is 12.3. The van der Waals surface area contributed by atoms with Gasteiger partial charge in [-0.2, -0.15) is 5.10 Å². The van der Waals surface area contributed by atoms with E-state index < -0.39 is 0 Å². The lowest BCUT2D eigenvalue weighted by Crippen LogP contribution is -2.24. The van der Waals surface area contributed by atoms with Gasteiger partial charge < -0.3 is 9.47 Å². The van der Waals surface area contributed by atoms with Crippen LogP contribution in [-0.4, -0.2) is 25.8 Å². The summed E-state index contributed by atoms with van der Waals surface area (Å²) in [6, 6.07) is 12.3. The SMILES string of the molecule is COc1ccc(Br)cc1C=NNC(=O)COc1cccc(Cl)c1. The first-order chi connectivity index (χ1) is 11.1. The summed E-state index contributed by atoms with van der Waals surface area (Å²) in [7, 11) is 1.57. The van der Waals surface area contributed by atoms with E-state index in [0.717, 1.165) is 10.0 Å². The summed E-state index contributed by atoms with van der Waals surface area (Å²) in [5.41, 5.74) is 3.12. The summed E-state index contributed by atoms with van der Waals surface area (Å²) in [6.45, 7) is -0.159. The quantitative estimate of drug-likeness (QED) is 0.598. The number of methoxy groups -OCH3 is 1. The van der Waals surface area contributed by atoms with Crippen molar-refractivity contribution < 1.29 is 14.3 Å². The van der Waals surface area contributed by atoms with Crippen LogP contribution in [0.3, 0.4) is 0 Å². The fraction of sp³-hybridized carbons (Fsp3) is 0.125. The second kappa shape index (κ2) is 8.55.